The monoisotopic (exact) mass is 203 g/mol. The van der Waals surface area contributed by atoms with Gasteiger partial charge in [-0.3, -0.25) is 10.00 Å². The van der Waals surface area contributed by atoms with Gasteiger partial charge in [0.25, 0.3) is 0 Å². The average molecular weight is 203 g/mol. The molecule has 1 aromatic rings. The molecule has 0 atom stereocenters. The van der Waals surface area contributed by atoms with Crippen LogP contribution in [0, 0.1) is 0 Å². The number of aromatic amines is 1. The van der Waals surface area contributed by atoms with Gasteiger partial charge < -0.3 is 0 Å². The van der Waals surface area contributed by atoms with Gasteiger partial charge in [0, 0.05) is 11.7 Å². The van der Waals surface area contributed by atoms with Crippen molar-refractivity contribution in [3.63, 3.8) is 0 Å². The van der Waals surface area contributed by atoms with Crippen LogP contribution in [0.2, 0.25) is 0 Å². The number of hydrogen-bond donors (Lipinski definition) is 1. The zero-order valence-electron chi connectivity index (χ0n) is 8.95. The molecule has 80 valence electrons. The molecule has 2 aliphatic heterocycles. The number of rotatable bonds is 2. The molecule has 0 spiro atoms. The lowest BCUT2D eigenvalue weighted by molar-refractivity contribution is 0.251. The molecule has 0 unspecified atom stereocenters. The van der Waals surface area contributed by atoms with Crippen LogP contribution in [0.3, 0.4) is 0 Å². The van der Waals surface area contributed by atoms with Gasteiger partial charge in [-0.15, -0.1) is 0 Å². The van der Waals surface area contributed by atoms with Crippen molar-refractivity contribution in [3.05, 3.63) is 24.0 Å². The van der Waals surface area contributed by atoms with Crippen LogP contribution < -0.4 is 0 Å². The summed E-state index contributed by atoms with van der Waals surface area (Å²) in [6, 6.07) is 2.02. The largest absolute Gasteiger partial charge is 0.294 e. The molecule has 0 saturated carbocycles. The summed E-state index contributed by atoms with van der Waals surface area (Å²) >= 11 is 0. The molecule has 3 heteroatoms. The van der Waals surface area contributed by atoms with Crippen LogP contribution in [-0.4, -0.2) is 33.7 Å². The minimum atomic E-state index is 0.380. The summed E-state index contributed by atoms with van der Waals surface area (Å²) < 4.78 is 0. The van der Waals surface area contributed by atoms with Crippen molar-refractivity contribution in [3.8, 4) is 0 Å². The summed E-state index contributed by atoms with van der Waals surface area (Å²) in [5, 5.41) is 6.94. The van der Waals surface area contributed by atoms with E-state index in [1.165, 1.54) is 38.8 Å². The highest BCUT2D eigenvalue weighted by Gasteiger charge is 2.41. The second kappa shape index (κ2) is 3.49. The highest BCUT2D eigenvalue weighted by molar-refractivity contribution is 5.46. The Morgan fingerprint density at radius 2 is 2.13 bits per heavy atom. The number of nitrogens with zero attached hydrogens (tertiary/aromatic N) is 2. The first kappa shape index (κ1) is 9.16. The Bertz CT molecular complexity index is 343. The van der Waals surface area contributed by atoms with Gasteiger partial charge in [-0.2, -0.15) is 5.10 Å². The van der Waals surface area contributed by atoms with Crippen molar-refractivity contribution in [2.75, 3.05) is 13.1 Å². The fourth-order valence-electron chi connectivity index (χ4n) is 3.03. The predicted molar refractivity (Wildman–Crippen MR) is 60.4 cm³/mol. The molecule has 0 aliphatic carbocycles. The van der Waals surface area contributed by atoms with Gasteiger partial charge in [0.2, 0.25) is 0 Å². The Balaban J connectivity index is 1.81. The minimum Gasteiger partial charge on any atom is -0.294 e. The van der Waals surface area contributed by atoms with Gasteiger partial charge >= 0.3 is 0 Å². The van der Waals surface area contributed by atoms with Gasteiger partial charge in [0.1, 0.15) is 0 Å². The van der Waals surface area contributed by atoms with Crippen LogP contribution in [-0.2, 0) is 0 Å². The Hall–Kier alpha value is -1.09. The van der Waals surface area contributed by atoms with Gasteiger partial charge in [-0.05, 0) is 50.9 Å². The lowest BCUT2D eigenvalue weighted by Crippen LogP contribution is -2.35. The third-order valence-electron chi connectivity index (χ3n) is 3.80. The molecule has 1 aromatic heterocycles. The second-order valence-electron chi connectivity index (χ2n) is 4.64. The summed E-state index contributed by atoms with van der Waals surface area (Å²) in [6.07, 6.45) is 11.8. The molecule has 2 aliphatic rings. The number of hydrogen-bond acceptors (Lipinski definition) is 2. The van der Waals surface area contributed by atoms with E-state index in [4.69, 9.17) is 0 Å². The molecule has 3 nitrogen and oxygen atoms in total. The Morgan fingerprint density at radius 3 is 2.80 bits per heavy atom. The number of nitrogens with one attached hydrogen (secondary N) is 1. The van der Waals surface area contributed by atoms with E-state index < -0.39 is 0 Å². The van der Waals surface area contributed by atoms with E-state index in [1.807, 2.05) is 6.07 Å². The van der Waals surface area contributed by atoms with Gasteiger partial charge in [0.15, 0.2) is 0 Å². The van der Waals surface area contributed by atoms with Crippen molar-refractivity contribution in [2.45, 2.75) is 31.2 Å². The normalized spacial score (nSPS) is 25.1. The molecular formula is C12H17N3. The maximum atomic E-state index is 3.96. The highest BCUT2D eigenvalue weighted by atomic mass is 15.2. The predicted octanol–water partition coefficient (Wildman–Crippen LogP) is 2.05. The Labute approximate surface area is 90.2 Å². The third-order valence-corrected chi connectivity index (χ3v) is 3.80. The van der Waals surface area contributed by atoms with Crippen LogP contribution in [0.4, 0.5) is 0 Å². The van der Waals surface area contributed by atoms with Gasteiger partial charge in [-0.25, -0.2) is 0 Å². The van der Waals surface area contributed by atoms with Crippen molar-refractivity contribution in [2.24, 2.45) is 0 Å². The van der Waals surface area contributed by atoms with E-state index in [1.54, 1.807) is 6.20 Å². The first-order valence-corrected chi connectivity index (χ1v) is 5.83. The first-order chi connectivity index (χ1) is 7.39. The van der Waals surface area contributed by atoms with Crippen molar-refractivity contribution in [1.29, 1.82) is 0 Å². The van der Waals surface area contributed by atoms with Crippen LogP contribution in [0.1, 0.15) is 31.4 Å². The highest BCUT2D eigenvalue weighted by Crippen LogP contribution is 2.40. The van der Waals surface area contributed by atoms with E-state index in [0.29, 0.717) is 5.54 Å². The lowest BCUT2D eigenvalue weighted by atomic mass is 9.93. The quantitative estimate of drug-likeness (QED) is 0.797. The topological polar surface area (TPSA) is 31.9 Å². The Morgan fingerprint density at radius 1 is 1.33 bits per heavy atom. The van der Waals surface area contributed by atoms with Crippen molar-refractivity contribution in [1.82, 2.24) is 15.1 Å². The van der Waals surface area contributed by atoms with Gasteiger partial charge in [0.05, 0.1) is 5.69 Å². The van der Waals surface area contributed by atoms with E-state index in [2.05, 4.69) is 27.2 Å². The molecule has 0 bridgehead atoms. The summed E-state index contributed by atoms with van der Waals surface area (Å²) in [4.78, 5) is 2.64. The number of H-pyrrole nitrogens is 1. The molecule has 2 fully saturated rings. The van der Waals surface area contributed by atoms with E-state index in [0.717, 1.165) is 5.69 Å². The fraction of sp³-hybridized carbons (Fsp3) is 0.583. The molecular weight excluding hydrogens is 186 g/mol. The summed E-state index contributed by atoms with van der Waals surface area (Å²) in [5.41, 5.74) is 1.49. The fourth-order valence-corrected chi connectivity index (χ4v) is 3.03. The van der Waals surface area contributed by atoms with Gasteiger partial charge in [-0.1, -0.05) is 6.08 Å². The number of fused-ring (bicyclic) bond motifs is 1. The summed E-state index contributed by atoms with van der Waals surface area (Å²) in [5.74, 6) is 0. The van der Waals surface area contributed by atoms with Crippen LogP contribution in [0.25, 0.3) is 6.08 Å². The van der Waals surface area contributed by atoms with E-state index in [-0.39, 0.29) is 0 Å². The molecule has 0 radical (unpaired) electrons. The number of aromatic nitrogens is 2. The third kappa shape index (κ3) is 1.51. The zero-order chi connectivity index (χ0) is 10.1. The molecule has 2 saturated heterocycles. The zero-order valence-corrected chi connectivity index (χ0v) is 8.95. The van der Waals surface area contributed by atoms with Crippen molar-refractivity contribution >= 4 is 6.08 Å². The first-order valence-electron chi connectivity index (χ1n) is 5.83. The summed E-state index contributed by atoms with van der Waals surface area (Å²) in [6.45, 7) is 2.57. The van der Waals surface area contributed by atoms with Crippen LogP contribution in [0.5, 0.6) is 0 Å². The lowest BCUT2D eigenvalue weighted by Gasteiger charge is -2.28. The van der Waals surface area contributed by atoms with Crippen LogP contribution in [0.15, 0.2) is 18.3 Å². The molecule has 3 rings (SSSR count). The maximum absolute atomic E-state index is 3.96. The smallest absolute Gasteiger partial charge is 0.0575 e. The molecule has 15 heavy (non-hydrogen) atoms. The van der Waals surface area contributed by atoms with E-state index in [9.17, 15) is 0 Å². The minimum absolute atomic E-state index is 0.380. The van der Waals surface area contributed by atoms with E-state index >= 15 is 0 Å². The standard InChI is InChI=1S/C12H17N3/c1-5-12(6-2-10-15(12)9-1)7-3-11-4-8-13-14-11/h3-4,7-8H,1-2,5-6,9-10H2,(H,13,14)/b7-3+. The molecule has 1 N–H and O–H groups in total. The molecule has 3 heterocycles. The summed E-state index contributed by atoms with van der Waals surface area (Å²) in [7, 11) is 0. The molecule has 0 amide bonds. The Kier molecular flexibility index (Phi) is 2.13. The average Bonchev–Trinajstić information content (AvgIpc) is 2.91. The van der Waals surface area contributed by atoms with Crippen molar-refractivity contribution < 1.29 is 0 Å². The second-order valence-corrected chi connectivity index (χ2v) is 4.64. The SMILES string of the molecule is C(=C\C12CCCN1CCC2)/c1ccn[nH]1. The van der Waals surface area contributed by atoms with Crippen LogP contribution >= 0.6 is 0 Å². The maximum Gasteiger partial charge on any atom is 0.0575 e. The molecule has 0 aromatic carbocycles.